The summed E-state index contributed by atoms with van der Waals surface area (Å²) in [4.78, 5) is 14.3. The van der Waals surface area contributed by atoms with Gasteiger partial charge in [-0.15, -0.1) is 0 Å². The van der Waals surface area contributed by atoms with Crippen LogP contribution in [0.5, 0.6) is 5.75 Å². The van der Waals surface area contributed by atoms with Gasteiger partial charge >= 0.3 is 0 Å². The van der Waals surface area contributed by atoms with Crippen LogP contribution in [0.3, 0.4) is 0 Å². The van der Waals surface area contributed by atoms with Gasteiger partial charge in [0, 0.05) is 25.8 Å². The lowest BCUT2D eigenvalue weighted by Gasteiger charge is -2.17. The fraction of sp³-hybridized carbons (Fsp3) is 0.474. The van der Waals surface area contributed by atoms with Gasteiger partial charge in [-0.3, -0.25) is 4.79 Å². The van der Waals surface area contributed by atoms with Crippen LogP contribution < -0.4 is 10.1 Å². The number of amides is 1. The van der Waals surface area contributed by atoms with Gasteiger partial charge in [0.15, 0.2) is 0 Å². The molecule has 1 N–H and O–H groups in total. The molecule has 1 heterocycles. The topological polar surface area (TPSA) is 65.4 Å². The number of nitrogens with zero attached hydrogens (tertiary/aromatic N) is 2. The van der Waals surface area contributed by atoms with Crippen LogP contribution in [0, 0.1) is 11.3 Å². The maximum absolute atomic E-state index is 12.2. The van der Waals surface area contributed by atoms with Crippen molar-refractivity contribution in [1.29, 1.82) is 5.26 Å². The first kappa shape index (κ1) is 17.9. The second-order valence-corrected chi connectivity index (χ2v) is 5.96. The molecule has 128 valence electrons. The summed E-state index contributed by atoms with van der Waals surface area (Å²) in [7, 11) is 1.63. The zero-order chi connectivity index (χ0) is 17.2. The first-order valence-electron chi connectivity index (χ1n) is 8.50. The van der Waals surface area contributed by atoms with Gasteiger partial charge in [0.25, 0.3) is 5.91 Å². The number of ether oxygens (including phenoxy) is 1. The lowest BCUT2D eigenvalue weighted by molar-refractivity contribution is -0.117. The summed E-state index contributed by atoms with van der Waals surface area (Å²) in [5.41, 5.74) is 1.30. The molecule has 0 radical (unpaired) electrons. The number of rotatable bonds is 6. The SMILES string of the molecule is COc1ccc(CCNC(=O)/C(C#N)=C\N2CCCCCC2)cc1. The van der Waals surface area contributed by atoms with E-state index in [1.165, 1.54) is 12.8 Å². The predicted molar refractivity (Wildman–Crippen MR) is 93.4 cm³/mol. The Kier molecular flexibility index (Phi) is 7.16. The molecule has 1 aromatic rings. The Balaban J connectivity index is 1.83. The molecule has 1 saturated heterocycles. The van der Waals surface area contributed by atoms with Gasteiger partial charge in [0.2, 0.25) is 0 Å². The second kappa shape index (κ2) is 9.61. The van der Waals surface area contributed by atoms with Crippen LogP contribution in [0.25, 0.3) is 0 Å². The van der Waals surface area contributed by atoms with Gasteiger partial charge < -0.3 is 15.0 Å². The van der Waals surface area contributed by atoms with Gasteiger partial charge in [-0.05, 0) is 37.0 Å². The number of carbonyl (C=O) groups is 1. The third kappa shape index (κ3) is 5.62. The molecule has 1 aliphatic heterocycles. The van der Waals surface area contributed by atoms with Crippen molar-refractivity contribution in [2.45, 2.75) is 32.1 Å². The lowest BCUT2D eigenvalue weighted by Crippen LogP contribution is -2.28. The zero-order valence-electron chi connectivity index (χ0n) is 14.3. The number of likely N-dealkylation sites (tertiary alicyclic amines) is 1. The molecule has 1 aliphatic rings. The summed E-state index contributed by atoms with van der Waals surface area (Å²) in [5, 5.41) is 12.1. The van der Waals surface area contributed by atoms with Crippen molar-refractivity contribution in [3.05, 3.63) is 41.6 Å². The molecule has 0 atom stereocenters. The minimum atomic E-state index is -0.296. The first-order chi connectivity index (χ1) is 11.7. The minimum absolute atomic E-state index is 0.187. The van der Waals surface area contributed by atoms with E-state index in [4.69, 9.17) is 4.74 Å². The number of benzene rings is 1. The Morgan fingerprint density at radius 1 is 1.25 bits per heavy atom. The van der Waals surface area contributed by atoms with E-state index < -0.39 is 0 Å². The van der Waals surface area contributed by atoms with Crippen LogP contribution in [0.1, 0.15) is 31.2 Å². The summed E-state index contributed by atoms with van der Waals surface area (Å²) >= 11 is 0. The number of carbonyl (C=O) groups excluding carboxylic acids is 1. The Morgan fingerprint density at radius 3 is 2.50 bits per heavy atom. The van der Waals surface area contributed by atoms with E-state index >= 15 is 0 Å². The number of nitriles is 1. The number of hydrogen-bond acceptors (Lipinski definition) is 4. The van der Waals surface area contributed by atoms with Crippen LogP contribution in [-0.4, -0.2) is 37.6 Å². The average molecular weight is 327 g/mol. The van der Waals surface area contributed by atoms with Gasteiger partial charge in [0.1, 0.15) is 17.4 Å². The van der Waals surface area contributed by atoms with Gasteiger partial charge in [0.05, 0.1) is 7.11 Å². The summed E-state index contributed by atoms with van der Waals surface area (Å²) in [6, 6.07) is 9.77. The molecule has 24 heavy (non-hydrogen) atoms. The molecule has 2 rings (SSSR count). The van der Waals surface area contributed by atoms with Crippen molar-refractivity contribution < 1.29 is 9.53 Å². The van der Waals surface area contributed by atoms with Crippen LogP contribution in [-0.2, 0) is 11.2 Å². The van der Waals surface area contributed by atoms with Crippen LogP contribution in [0.2, 0.25) is 0 Å². The molecule has 1 amide bonds. The van der Waals surface area contributed by atoms with E-state index in [0.29, 0.717) is 6.54 Å². The largest absolute Gasteiger partial charge is 0.497 e. The smallest absolute Gasteiger partial charge is 0.263 e. The Morgan fingerprint density at radius 2 is 1.92 bits per heavy atom. The van der Waals surface area contributed by atoms with Crippen molar-refractivity contribution in [3.63, 3.8) is 0 Å². The van der Waals surface area contributed by atoms with Crippen molar-refractivity contribution in [3.8, 4) is 11.8 Å². The third-order valence-electron chi connectivity index (χ3n) is 4.18. The van der Waals surface area contributed by atoms with Crippen molar-refractivity contribution in [1.82, 2.24) is 10.2 Å². The maximum atomic E-state index is 12.2. The van der Waals surface area contributed by atoms with E-state index in [1.54, 1.807) is 13.3 Å². The second-order valence-electron chi connectivity index (χ2n) is 5.96. The Labute approximate surface area is 143 Å². The molecular weight excluding hydrogens is 302 g/mol. The normalized spacial score (nSPS) is 15.3. The van der Waals surface area contributed by atoms with E-state index in [1.807, 2.05) is 30.3 Å². The molecule has 0 saturated carbocycles. The third-order valence-corrected chi connectivity index (χ3v) is 4.18. The molecular formula is C19H25N3O2. The van der Waals surface area contributed by atoms with E-state index in [9.17, 15) is 10.1 Å². The summed E-state index contributed by atoms with van der Waals surface area (Å²) in [5.74, 6) is 0.519. The van der Waals surface area contributed by atoms with E-state index in [2.05, 4.69) is 10.2 Å². The summed E-state index contributed by atoms with van der Waals surface area (Å²) < 4.78 is 5.12. The van der Waals surface area contributed by atoms with Gasteiger partial charge in [-0.2, -0.15) is 5.26 Å². The van der Waals surface area contributed by atoms with Crippen LogP contribution in [0.15, 0.2) is 36.0 Å². The highest BCUT2D eigenvalue weighted by molar-refractivity contribution is 5.97. The number of hydrogen-bond donors (Lipinski definition) is 1. The van der Waals surface area contributed by atoms with Gasteiger partial charge in [-0.1, -0.05) is 25.0 Å². The molecule has 0 spiro atoms. The highest BCUT2D eigenvalue weighted by Crippen LogP contribution is 2.12. The highest BCUT2D eigenvalue weighted by Gasteiger charge is 2.12. The van der Waals surface area contributed by atoms with Crippen molar-refractivity contribution in [2.24, 2.45) is 0 Å². The highest BCUT2D eigenvalue weighted by atomic mass is 16.5. The van der Waals surface area contributed by atoms with Crippen LogP contribution >= 0.6 is 0 Å². The molecule has 0 aliphatic carbocycles. The quantitative estimate of drug-likeness (QED) is 0.644. The summed E-state index contributed by atoms with van der Waals surface area (Å²) in [6.45, 7) is 2.35. The standard InChI is InChI=1S/C19H25N3O2/c1-24-18-8-6-16(7-9-18)10-11-21-19(23)17(14-20)15-22-12-4-2-3-5-13-22/h6-9,15H,2-5,10-13H2,1H3,(H,21,23)/b17-15-. The fourth-order valence-electron chi connectivity index (χ4n) is 2.75. The van der Waals surface area contributed by atoms with E-state index in [0.717, 1.165) is 43.7 Å². The molecule has 1 fully saturated rings. The molecule has 5 nitrogen and oxygen atoms in total. The average Bonchev–Trinajstić information content (AvgIpc) is 2.88. The van der Waals surface area contributed by atoms with E-state index in [-0.39, 0.29) is 11.5 Å². The van der Waals surface area contributed by atoms with Crippen LogP contribution in [0.4, 0.5) is 0 Å². The Hall–Kier alpha value is -2.48. The molecule has 5 heteroatoms. The molecule has 1 aromatic carbocycles. The zero-order valence-corrected chi connectivity index (χ0v) is 14.3. The first-order valence-corrected chi connectivity index (χ1v) is 8.50. The molecule has 0 bridgehead atoms. The molecule has 0 unspecified atom stereocenters. The Bertz CT molecular complexity index is 594. The lowest BCUT2D eigenvalue weighted by atomic mass is 10.1. The summed E-state index contributed by atoms with van der Waals surface area (Å²) in [6.07, 6.45) is 7.12. The van der Waals surface area contributed by atoms with Gasteiger partial charge in [-0.25, -0.2) is 0 Å². The number of methoxy groups -OCH3 is 1. The maximum Gasteiger partial charge on any atom is 0.263 e. The monoisotopic (exact) mass is 327 g/mol. The fourth-order valence-corrected chi connectivity index (χ4v) is 2.75. The number of nitrogens with one attached hydrogen (secondary N) is 1. The van der Waals surface area contributed by atoms with Crippen molar-refractivity contribution >= 4 is 5.91 Å². The molecule has 0 aromatic heterocycles. The van der Waals surface area contributed by atoms with Crippen molar-refractivity contribution in [2.75, 3.05) is 26.7 Å². The minimum Gasteiger partial charge on any atom is -0.497 e. The predicted octanol–water partition coefficient (Wildman–Crippen LogP) is 2.64.